The number of hydrogen-bond donors (Lipinski definition) is 0. The molecule has 0 bridgehead atoms. The Bertz CT molecular complexity index is 334. The molecule has 1 aromatic rings. The molecule has 0 fully saturated rings. The number of aromatic carboxylic acids is 1. The van der Waals surface area contributed by atoms with E-state index in [-0.39, 0.29) is 74.5 Å². The summed E-state index contributed by atoms with van der Waals surface area (Å²) in [4.78, 5) is 10.2. The second-order valence-electron chi connectivity index (χ2n) is 2.36. The number of carboxylic acid groups (broad SMARTS) is 1. The molecule has 1 rings (SSSR count). The van der Waals surface area contributed by atoms with Crippen LogP contribution in [0.2, 0.25) is 0 Å². The zero-order valence-electron chi connectivity index (χ0n) is 7.67. The minimum absolute atomic E-state index is 0. The maximum atomic E-state index is 11.6. The summed E-state index contributed by atoms with van der Waals surface area (Å²) in [6, 6.07) is 3.74. The fourth-order valence-electron chi connectivity index (χ4n) is 0.793. The summed E-state index contributed by atoms with van der Waals surface area (Å²) in [6.07, 6.45) is -4.77. The molecule has 0 amide bonds. The molecule has 0 unspecified atom stereocenters. The van der Waals surface area contributed by atoms with Gasteiger partial charge < -0.3 is 14.6 Å². The average molecular weight is 338 g/mol. The SMILES string of the molecule is O=C([O-])c1ccc(OC(F)(F)F)cc1.[Cs+]. The van der Waals surface area contributed by atoms with Crippen molar-refractivity contribution in [2.75, 3.05) is 0 Å². The van der Waals surface area contributed by atoms with E-state index in [1.165, 1.54) is 0 Å². The van der Waals surface area contributed by atoms with Crippen molar-refractivity contribution in [3.05, 3.63) is 29.8 Å². The first-order chi connectivity index (χ1) is 6.38. The number of carbonyl (C=O) groups is 1. The van der Waals surface area contributed by atoms with E-state index < -0.39 is 18.1 Å². The molecule has 7 heteroatoms. The van der Waals surface area contributed by atoms with Crippen molar-refractivity contribution in [1.82, 2.24) is 0 Å². The molecule has 0 saturated carbocycles. The molecule has 0 N–H and O–H groups in total. The van der Waals surface area contributed by atoms with E-state index in [0.29, 0.717) is 0 Å². The van der Waals surface area contributed by atoms with Gasteiger partial charge in [-0.3, -0.25) is 0 Å². The first kappa shape index (κ1) is 15.3. The predicted molar refractivity (Wildman–Crippen MR) is 37.5 cm³/mol. The summed E-state index contributed by atoms with van der Waals surface area (Å²) in [5.74, 6) is -1.92. The third kappa shape index (κ3) is 5.83. The smallest absolute Gasteiger partial charge is 0.545 e. The van der Waals surface area contributed by atoms with Gasteiger partial charge in [-0.2, -0.15) is 0 Å². The topological polar surface area (TPSA) is 49.4 Å². The van der Waals surface area contributed by atoms with Crippen LogP contribution in [0.25, 0.3) is 0 Å². The molecule has 15 heavy (non-hydrogen) atoms. The van der Waals surface area contributed by atoms with Gasteiger partial charge in [0.2, 0.25) is 0 Å². The molecule has 76 valence electrons. The minimum Gasteiger partial charge on any atom is -0.545 e. The number of alkyl halides is 3. The summed E-state index contributed by atoms with van der Waals surface area (Å²) in [5, 5.41) is 10.2. The summed E-state index contributed by atoms with van der Waals surface area (Å²) in [5.41, 5.74) is -0.209. The molecule has 0 aliphatic heterocycles. The van der Waals surface area contributed by atoms with Gasteiger partial charge >= 0.3 is 75.3 Å². The normalized spacial score (nSPS) is 10.3. The third-order valence-corrected chi connectivity index (χ3v) is 1.32. The number of carboxylic acids is 1. The van der Waals surface area contributed by atoms with E-state index in [1.807, 2.05) is 0 Å². The molecular formula is C8H4CsF3O3. The van der Waals surface area contributed by atoms with E-state index in [0.717, 1.165) is 24.3 Å². The van der Waals surface area contributed by atoms with Gasteiger partial charge in [0, 0.05) is 0 Å². The number of carbonyl (C=O) groups excluding carboxylic acids is 1. The van der Waals surface area contributed by atoms with Crippen LogP contribution < -0.4 is 78.7 Å². The van der Waals surface area contributed by atoms with E-state index in [2.05, 4.69) is 4.74 Å². The molecule has 3 nitrogen and oxygen atoms in total. The van der Waals surface area contributed by atoms with Crippen molar-refractivity contribution in [2.45, 2.75) is 6.36 Å². The third-order valence-electron chi connectivity index (χ3n) is 1.32. The first-order valence-electron chi connectivity index (χ1n) is 3.45. The Morgan fingerprint density at radius 1 is 1.20 bits per heavy atom. The van der Waals surface area contributed by atoms with Crippen LogP contribution in [0.4, 0.5) is 13.2 Å². The molecule has 0 saturated heterocycles. The van der Waals surface area contributed by atoms with Crippen molar-refractivity contribution >= 4 is 5.97 Å². The van der Waals surface area contributed by atoms with Gasteiger partial charge in [-0.1, -0.05) is 0 Å². The fraction of sp³-hybridized carbons (Fsp3) is 0.125. The van der Waals surface area contributed by atoms with Crippen LogP contribution in [-0.4, -0.2) is 12.3 Å². The number of hydrogen-bond acceptors (Lipinski definition) is 3. The van der Waals surface area contributed by atoms with Crippen molar-refractivity contribution in [1.29, 1.82) is 0 Å². The Balaban J connectivity index is 0.00000196. The van der Waals surface area contributed by atoms with Gasteiger partial charge in [0.05, 0.1) is 5.97 Å². The molecule has 0 heterocycles. The van der Waals surface area contributed by atoms with Gasteiger partial charge in [0.15, 0.2) is 0 Å². The van der Waals surface area contributed by atoms with E-state index in [1.54, 1.807) is 0 Å². The maximum absolute atomic E-state index is 11.6. The van der Waals surface area contributed by atoms with Crippen LogP contribution in [0.3, 0.4) is 0 Å². The van der Waals surface area contributed by atoms with Crippen molar-refractivity contribution < 1.29 is 96.7 Å². The number of ether oxygens (including phenoxy) is 1. The van der Waals surface area contributed by atoms with E-state index >= 15 is 0 Å². The second-order valence-corrected chi connectivity index (χ2v) is 2.36. The molecule has 0 aromatic heterocycles. The zero-order valence-corrected chi connectivity index (χ0v) is 13.9. The van der Waals surface area contributed by atoms with Gasteiger partial charge in [-0.05, 0) is 29.8 Å². The number of rotatable bonds is 2. The van der Waals surface area contributed by atoms with Crippen LogP contribution >= 0.6 is 0 Å². The second kappa shape index (κ2) is 6.16. The molecule has 0 aliphatic rings. The summed E-state index contributed by atoms with van der Waals surface area (Å²) in [7, 11) is 0. The standard InChI is InChI=1S/C8H5F3O3.Cs/c9-8(10,11)14-6-3-1-5(2-4-6)7(12)13;/h1-4H,(H,12,13);/q;+1/p-1. The summed E-state index contributed by atoms with van der Waals surface area (Å²) in [6.45, 7) is 0. The molecule has 1 aromatic carbocycles. The Kier molecular flexibility index (Phi) is 6.30. The molecular weight excluding hydrogens is 334 g/mol. The Hall–Kier alpha value is 0.332. The van der Waals surface area contributed by atoms with Crippen LogP contribution in [0.15, 0.2) is 24.3 Å². The maximum Gasteiger partial charge on any atom is 1.00 e. The minimum atomic E-state index is -4.77. The monoisotopic (exact) mass is 338 g/mol. The molecule has 0 spiro atoms. The number of halogens is 3. The molecule has 0 atom stereocenters. The van der Waals surface area contributed by atoms with Crippen LogP contribution in [-0.2, 0) is 0 Å². The first-order valence-corrected chi connectivity index (χ1v) is 3.45. The van der Waals surface area contributed by atoms with Crippen molar-refractivity contribution in [3.63, 3.8) is 0 Å². The predicted octanol–water partition coefficient (Wildman–Crippen LogP) is -2.05. The Labute approximate surface area is 142 Å². The fourth-order valence-corrected chi connectivity index (χ4v) is 0.793. The zero-order chi connectivity index (χ0) is 10.8. The van der Waals surface area contributed by atoms with E-state index in [9.17, 15) is 23.1 Å². The summed E-state index contributed by atoms with van der Waals surface area (Å²) < 4.78 is 38.5. The Morgan fingerprint density at radius 2 is 1.67 bits per heavy atom. The van der Waals surface area contributed by atoms with Crippen molar-refractivity contribution in [2.24, 2.45) is 0 Å². The van der Waals surface area contributed by atoms with Gasteiger partial charge in [0.25, 0.3) is 0 Å². The molecule has 0 radical (unpaired) electrons. The van der Waals surface area contributed by atoms with Crippen molar-refractivity contribution in [3.8, 4) is 5.75 Å². The quantitative estimate of drug-likeness (QED) is 0.624. The average Bonchev–Trinajstić information content (AvgIpc) is 2.02. The van der Waals surface area contributed by atoms with Crippen LogP contribution in [0.5, 0.6) is 5.75 Å². The Morgan fingerprint density at radius 3 is 2.00 bits per heavy atom. The van der Waals surface area contributed by atoms with Gasteiger partial charge in [0.1, 0.15) is 5.75 Å². The van der Waals surface area contributed by atoms with Gasteiger partial charge in [-0.15, -0.1) is 13.2 Å². The number of benzene rings is 1. The molecule has 0 aliphatic carbocycles. The van der Waals surface area contributed by atoms with E-state index in [4.69, 9.17) is 0 Å². The van der Waals surface area contributed by atoms with Crippen LogP contribution in [0, 0.1) is 0 Å². The van der Waals surface area contributed by atoms with Crippen LogP contribution in [0.1, 0.15) is 10.4 Å². The van der Waals surface area contributed by atoms with Gasteiger partial charge in [-0.25, -0.2) is 0 Å². The summed E-state index contributed by atoms with van der Waals surface area (Å²) >= 11 is 0. The largest absolute Gasteiger partial charge is 1.00 e.